The predicted molar refractivity (Wildman–Crippen MR) is 219 cm³/mol. The van der Waals surface area contributed by atoms with Crippen LogP contribution in [0.25, 0.3) is 95.3 Å². The molecule has 0 aliphatic heterocycles. The minimum absolute atomic E-state index is 0.0975. The number of benzene rings is 8. The summed E-state index contributed by atoms with van der Waals surface area (Å²) < 4.78 is 3.90. The molecule has 0 saturated carbocycles. The van der Waals surface area contributed by atoms with Crippen molar-refractivity contribution in [1.82, 2.24) is 9.97 Å². The molecule has 1 atom stereocenters. The molecule has 0 radical (unpaired) electrons. The lowest BCUT2D eigenvalue weighted by Crippen LogP contribution is -2.07. The number of nitrogens with zero attached hydrogens (tertiary/aromatic N) is 2. The normalized spacial score (nSPS) is 14.1. The number of rotatable bonds is 2. The molecule has 0 bridgehead atoms. The second-order valence-corrected chi connectivity index (χ2v) is 15.6. The molecule has 8 aromatic carbocycles. The summed E-state index contributed by atoms with van der Waals surface area (Å²) in [6.07, 6.45) is 0. The molecule has 2 nitrogen and oxygen atoms in total. The van der Waals surface area contributed by atoms with Gasteiger partial charge in [-0.25, -0.2) is 9.97 Å². The largest absolute Gasteiger partial charge is 0.246 e. The fourth-order valence-corrected chi connectivity index (χ4v) is 11.2. The zero-order chi connectivity index (χ0) is 33.2. The van der Waals surface area contributed by atoms with E-state index in [1.165, 1.54) is 84.8 Å². The summed E-state index contributed by atoms with van der Waals surface area (Å²) >= 11 is 3.68. The predicted octanol–water partition coefficient (Wildman–Crippen LogP) is 13.5. The summed E-state index contributed by atoms with van der Waals surface area (Å²) in [5.41, 5.74) is 9.33. The van der Waals surface area contributed by atoms with Crippen molar-refractivity contribution < 1.29 is 0 Å². The molecule has 0 fully saturated rings. The summed E-state index contributed by atoms with van der Waals surface area (Å²) in [7, 11) is 0. The van der Waals surface area contributed by atoms with Crippen LogP contribution in [-0.2, 0) is 0 Å². The first-order chi connectivity index (χ1) is 25.3. The van der Waals surface area contributed by atoms with Crippen molar-refractivity contribution in [1.29, 1.82) is 0 Å². The highest BCUT2D eigenvalue weighted by molar-refractivity contribution is 7.27. The first kappa shape index (κ1) is 27.8. The molecule has 1 unspecified atom stereocenters. The summed E-state index contributed by atoms with van der Waals surface area (Å²) in [5, 5.41) is 11.4. The van der Waals surface area contributed by atoms with Gasteiger partial charge in [-0.05, 0) is 66.7 Å². The number of hydrogen-bond acceptors (Lipinski definition) is 4. The molecule has 11 aromatic rings. The third-order valence-electron chi connectivity index (χ3n) is 10.9. The molecular weight excluding hydrogens is 657 g/mol. The van der Waals surface area contributed by atoms with E-state index in [1.54, 1.807) is 11.3 Å². The fraction of sp³-hybridized carbons (Fsp3) is 0.0213. The average Bonchev–Trinajstić information content (AvgIpc) is 3.87. The van der Waals surface area contributed by atoms with Crippen molar-refractivity contribution in [3.05, 3.63) is 168 Å². The fourth-order valence-electron chi connectivity index (χ4n) is 8.73. The van der Waals surface area contributed by atoms with Gasteiger partial charge in [-0.15, -0.1) is 22.7 Å². The van der Waals surface area contributed by atoms with E-state index in [1.807, 2.05) is 11.3 Å². The van der Waals surface area contributed by atoms with Crippen molar-refractivity contribution in [2.45, 2.75) is 5.92 Å². The van der Waals surface area contributed by atoms with Crippen molar-refractivity contribution in [2.24, 2.45) is 0 Å². The standard InChI is InChI=1S/C47H26N2S2/c1-2-13-28-25-29(22-21-26(28)11-1)42-44(48-43-35-19-9-10-20-37(35)50-47(43)49-42)40-34-18-8-6-16-32(34)38-31-15-5-7-17-33(31)39-36-24-23-27-12-3-4-14-30(27)45(36)51-46(39)41(38)40/h1-25,40H. The average molecular weight is 683 g/mol. The Morgan fingerprint density at radius 1 is 0.490 bits per heavy atom. The molecule has 4 heteroatoms. The zero-order valence-electron chi connectivity index (χ0n) is 27.2. The summed E-state index contributed by atoms with van der Waals surface area (Å²) in [4.78, 5) is 12.3. The van der Waals surface area contributed by atoms with Crippen LogP contribution >= 0.6 is 22.7 Å². The molecule has 12 rings (SSSR count). The van der Waals surface area contributed by atoms with E-state index < -0.39 is 0 Å². The third-order valence-corrected chi connectivity index (χ3v) is 13.3. The maximum absolute atomic E-state index is 5.74. The van der Waals surface area contributed by atoms with E-state index in [0.29, 0.717) is 0 Å². The Bertz CT molecular complexity index is 3280. The van der Waals surface area contributed by atoms with Crippen molar-refractivity contribution in [2.75, 3.05) is 0 Å². The van der Waals surface area contributed by atoms with Gasteiger partial charge in [0.15, 0.2) is 0 Å². The summed E-state index contributed by atoms with van der Waals surface area (Å²) in [6.45, 7) is 0. The molecule has 3 aromatic heterocycles. The van der Waals surface area contributed by atoms with E-state index in [0.717, 1.165) is 27.3 Å². The molecule has 236 valence electrons. The maximum atomic E-state index is 5.74. The lowest BCUT2D eigenvalue weighted by molar-refractivity contribution is 0.960. The lowest BCUT2D eigenvalue weighted by atomic mass is 9.87. The van der Waals surface area contributed by atoms with Gasteiger partial charge in [0.1, 0.15) is 10.3 Å². The maximum Gasteiger partial charge on any atom is 0.143 e. The minimum atomic E-state index is -0.0975. The molecule has 0 amide bonds. The van der Waals surface area contributed by atoms with Gasteiger partial charge in [0, 0.05) is 35.8 Å². The van der Waals surface area contributed by atoms with Crippen LogP contribution in [0.5, 0.6) is 0 Å². The minimum Gasteiger partial charge on any atom is -0.246 e. The highest BCUT2D eigenvalue weighted by atomic mass is 32.1. The summed E-state index contributed by atoms with van der Waals surface area (Å²) in [5.74, 6) is -0.0975. The topological polar surface area (TPSA) is 25.8 Å². The Hall–Kier alpha value is -5.94. The smallest absolute Gasteiger partial charge is 0.143 e. The molecule has 3 heterocycles. The molecule has 0 saturated heterocycles. The van der Waals surface area contributed by atoms with E-state index in [-0.39, 0.29) is 5.92 Å². The Kier molecular flexibility index (Phi) is 5.62. The Balaban J connectivity index is 1.27. The van der Waals surface area contributed by atoms with Crippen LogP contribution in [0.4, 0.5) is 0 Å². The molecular formula is C47H26N2S2. The number of fused-ring (bicyclic) bond motifs is 16. The third kappa shape index (κ3) is 3.81. The SMILES string of the molecule is c1ccc2c(c1)-c1c(c3sc4c5ccccc5ccc4c3c3ccccc13)C2c1nc2c(nc1-c1ccc3ccccc3c1)sc1ccccc12. The highest BCUT2D eigenvalue weighted by Gasteiger charge is 2.38. The van der Waals surface area contributed by atoms with E-state index in [9.17, 15) is 0 Å². The molecule has 1 aliphatic carbocycles. The van der Waals surface area contributed by atoms with E-state index in [4.69, 9.17) is 9.97 Å². The first-order valence-electron chi connectivity index (χ1n) is 17.4. The monoisotopic (exact) mass is 682 g/mol. The van der Waals surface area contributed by atoms with Crippen molar-refractivity contribution in [3.8, 4) is 22.4 Å². The Morgan fingerprint density at radius 2 is 1.20 bits per heavy atom. The highest BCUT2D eigenvalue weighted by Crippen LogP contribution is 2.58. The van der Waals surface area contributed by atoms with Crippen LogP contribution < -0.4 is 0 Å². The van der Waals surface area contributed by atoms with E-state index in [2.05, 4.69) is 152 Å². The van der Waals surface area contributed by atoms with Crippen LogP contribution in [0.2, 0.25) is 0 Å². The van der Waals surface area contributed by atoms with Gasteiger partial charge in [-0.1, -0.05) is 140 Å². The van der Waals surface area contributed by atoms with Gasteiger partial charge in [-0.2, -0.15) is 0 Å². The van der Waals surface area contributed by atoms with E-state index >= 15 is 0 Å². The first-order valence-corrected chi connectivity index (χ1v) is 19.0. The van der Waals surface area contributed by atoms with Crippen LogP contribution in [0.15, 0.2) is 152 Å². The van der Waals surface area contributed by atoms with Gasteiger partial charge >= 0.3 is 0 Å². The quantitative estimate of drug-likeness (QED) is 0.181. The van der Waals surface area contributed by atoms with Gasteiger partial charge in [-0.3, -0.25) is 0 Å². The Morgan fingerprint density at radius 3 is 2.10 bits per heavy atom. The van der Waals surface area contributed by atoms with Crippen LogP contribution in [0.1, 0.15) is 22.7 Å². The lowest BCUT2D eigenvalue weighted by Gasteiger charge is -2.19. The summed E-state index contributed by atoms with van der Waals surface area (Å²) in [6, 6.07) is 55.5. The Labute approximate surface area is 300 Å². The van der Waals surface area contributed by atoms with Crippen molar-refractivity contribution >= 4 is 95.6 Å². The molecule has 0 spiro atoms. The van der Waals surface area contributed by atoms with Gasteiger partial charge in [0.25, 0.3) is 0 Å². The van der Waals surface area contributed by atoms with Crippen LogP contribution in [-0.4, -0.2) is 9.97 Å². The number of thiophene rings is 2. The zero-order valence-corrected chi connectivity index (χ0v) is 28.9. The van der Waals surface area contributed by atoms with Crippen LogP contribution in [0, 0.1) is 0 Å². The molecule has 51 heavy (non-hydrogen) atoms. The second-order valence-electron chi connectivity index (χ2n) is 13.6. The van der Waals surface area contributed by atoms with Crippen LogP contribution in [0.3, 0.4) is 0 Å². The molecule has 1 aliphatic rings. The van der Waals surface area contributed by atoms with Gasteiger partial charge in [0.05, 0.1) is 17.3 Å². The number of aromatic nitrogens is 2. The van der Waals surface area contributed by atoms with Gasteiger partial charge in [0.2, 0.25) is 0 Å². The molecule has 0 N–H and O–H groups in total. The van der Waals surface area contributed by atoms with Gasteiger partial charge < -0.3 is 0 Å². The number of hydrogen-bond donors (Lipinski definition) is 0. The van der Waals surface area contributed by atoms with Crippen molar-refractivity contribution in [3.63, 3.8) is 0 Å². The second kappa shape index (κ2) is 10.3.